The lowest BCUT2D eigenvalue weighted by Crippen LogP contribution is -2.46. The number of hydrogen-bond acceptors (Lipinski definition) is 4. The quantitative estimate of drug-likeness (QED) is 0.775. The highest BCUT2D eigenvalue weighted by atomic mass is 32.1. The van der Waals surface area contributed by atoms with Gasteiger partial charge in [-0.3, -0.25) is 5.32 Å². The fourth-order valence-electron chi connectivity index (χ4n) is 1.66. The third-order valence-corrected chi connectivity index (χ3v) is 3.08. The molecule has 1 fully saturated rings. The minimum atomic E-state index is -0.504. The Labute approximate surface area is 113 Å². The lowest BCUT2D eigenvalue weighted by molar-refractivity contribution is 0.137. The maximum absolute atomic E-state index is 11.4. The first kappa shape index (κ1) is 14.7. The first-order valence-electron chi connectivity index (χ1n) is 6.15. The summed E-state index contributed by atoms with van der Waals surface area (Å²) in [6, 6.07) is 2.25. The van der Waals surface area contributed by atoms with Gasteiger partial charge in [-0.05, 0) is 31.0 Å². The zero-order valence-corrected chi connectivity index (χ0v) is 11.6. The van der Waals surface area contributed by atoms with E-state index < -0.39 is 6.09 Å². The van der Waals surface area contributed by atoms with E-state index in [2.05, 4.69) is 11.4 Å². The molecular formula is C12H19N3O2S. The summed E-state index contributed by atoms with van der Waals surface area (Å²) in [5.74, 6) is 0.410. The number of carbonyl (C=O) groups is 1. The maximum Gasteiger partial charge on any atom is 0.413 e. The number of ether oxygens (including phenoxy) is 1. The second-order valence-corrected chi connectivity index (χ2v) is 5.20. The summed E-state index contributed by atoms with van der Waals surface area (Å²) < 4.78 is 4.99. The van der Waals surface area contributed by atoms with Crippen molar-refractivity contribution < 1.29 is 9.53 Å². The van der Waals surface area contributed by atoms with Crippen molar-refractivity contribution in [2.45, 2.75) is 26.7 Å². The Hall–Kier alpha value is -1.35. The normalized spacial score (nSPS) is 16.2. The zero-order chi connectivity index (χ0) is 13.5. The first-order chi connectivity index (χ1) is 8.52. The fraction of sp³-hybridized carbons (Fsp3) is 0.750. The lowest BCUT2D eigenvalue weighted by Gasteiger charge is -2.30. The van der Waals surface area contributed by atoms with Crippen LogP contribution in [0, 0.1) is 23.2 Å². The average molecular weight is 269 g/mol. The second-order valence-electron chi connectivity index (χ2n) is 4.81. The summed E-state index contributed by atoms with van der Waals surface area (Å²) in [5.41, 5.74) is 0. The summed E-state index contributed by atoms with van der Waals surface area (Å²) >= 11 is 5.14. The Kier molecular flexibility index (Phi) is 5.86. The van der Waals surface area contributed by atoms with Gasteiger partial charge in [-0.15, -0.1) is 0 Å². The number of nitrogens with zero attached hydrogens (tertiary/aromatic N) is 2. The molecule has 0 unspecified atom stereocenters. The Morgan fingerprint density at radius 3 is 2.67 bits per heavy atom. The molecule has 0 spiro atoms. The molecular weight excluding hydrogens is 250 g/mol. The van der Waals surface area contributed by atoms with E-state index in [4.69, 9.17) is 22.2 Å². The van der Waals surface area contributed by atoms with Crippen molar-refractivity contribution in [3.63, 3.8) is 0 Å². The van der Waals surface area contributed by atoms with Crippen LogP contribution in [0.15, 0.2) is 0 Å². The molecule has 0 radical (unpaired) electrons. The summed E-state index contributed by atoms with van der Waals surface area (Å²) in [5, 5.41) is 11.7. The summed E-state index contributed by atoms with van der Waals surface area (Å²) in [4.78, 5) is 13.3. The van der Waals surface area contributed by atoms with E-state index in [-0.39, 0.29) is 5.92 Å². The monoisotopic (exact) mass is 269 g/mol. The topological polar surface area (TPSA) is 65.4 Å². The van der Waals surface area contributed by atoms with Gasteiger partial charge >= 0.3 is 6.09 Å². The Morgan fingerprint density at radius 2 is 2.17 bits per heavy atom. The van der Waals surface area contributed by atoms with E-state index in [0.29, 0.717) is 30.7 Å². The van der Waals surface area contributed by atoms with Crippen molar-refractivity contribution in [1.82, 2.24) is 10.2 Å². The average Bonchev–Trinajstić information content (AvgIpc) is 2.36. The van der Waals surface area contributed by atoms with Crippen LogP contribution in [0.4, 0.5) is 4.79 Å². The number of thiocarbonyl (C=S) groups is 1. The molecule has 100 valence electrons. The van der Waals surface area contributed by atoms with Crippen LogP contribution < -0.4 is 5.32 Å². The summed E-state index contributed by atoms with van der Waals surface area (Å²) in [7, 11) is 0. The van der Waals surface area contributed by atoms with Crippen LogP contribution in [0.5, 0.6) is 0 Å². The molecule has 6 heteroatoms. The van der Waals surface area contributed by atoms with Gasteiger partial charge < -0.3 is 9.64 Å². The van der Waals surface area contributed by atoms with Crippen LogP contribution in [0.1, 0.15) is 26.7 Å². The van der Waals surface area contributed by atoms with E-state index in [1.165, 1.54) is 0 Å². The number of carbonyl (C=O) groups excluding carboxylic acids is 1. The van der Waals surface area contributed by atoms with E-state index in [9.17, 15) is 4.79 Å². The molecule has 18 heavy (non-hydrogen) atoms. The summed E-state index contributed by atoms with van der Waals surface area (Å²) in [6.45, 7) is 5.74. The number of nitrogens with one attached hydrogen (secondary N) is 1. The third kappa shape index (κ3) is 4.88. The van der Waals surface area contributed by atoms with Gasteiger partial charge in [0.15, 0.2) is 5.11 Å². The van der Waals surface area contributed by atoms with Crippen molar-refractivity contribution in [1.29, 1.82) is 5.26 Å². The zero-order valence-electron chi connectivity index (χ0n) is 10.8. The SMILES string of the molecule is CC(C)COC(=O)NC(=S)N1CCC(C#N)CC1. The molecule has 0 aromatic carbocycles. The van der Waals surface area contributed by atoms with Gasteiger partial charge in [-0.2, -0.15) is 5.26 Å². The van der Waals surface area contributed by atoms with Crippen LogP contribution in [-0.4, -0.2) is 35.8 Å². The number of likely N-dealkylation sites (tertiary alicyclic amines) is 1. The molecule has 1 amide bonds. The highest BCUT2D eigenvalue weighted by molar-refractivity contribution is 7.80. The number of piperidine rings is 1. The molecule has 0 aromatic rings. The van der Waals surface area contributed by atoms with Gasteiger partial charge in [0.25, 0.3) is 0 Å². The lowest BCUT2D eigenvalue weighted by atomic mass is 9.99. The standard InChI is InChI=1S/C12H19N3O2S/c1-9(2)8-17-12(16)14-11(18)15-5-3-10(7-13)4-6-15/h9-10H,3-6,8H2,1-2H3,(H,14,16,18). The maximum atomic E-state index is 11.4. The molecule has 5 nitrogen and oxygen atoms in total. The number of nitriles is 1. The van der Waals surface area contributed by atoms with E-state index in [0.717, 1.165) is 12.8 Å². The Bertz CT molecular complexity index is 344. The molecule has 0 atom stereocenters. The molecule has 1 aliphatic heterocycles. The molecule has 0 aromatic heterocycles. The van der Waals surface area contributed by atoms with Crippen molar-refractivity contribution in [2.75, 3.05) is 19.7 Å². The van der Waals surface area contributed by atoms with Gasteiger partial charge in [0.1, 0.15) is 0 Å². The fourth-order valence-corrected chi connectivity index (χ4v) is 1.92. The van der Waals surface area contributed by atoms with Crippen LogP contribution in [0.3, 0.4) is 0 Å². The predicted octanol–water partition coefficient (Wildman–Crippen LogP) is 1.89. The van der Waals surface area contributed by atoms with Gasteiger partial charge in [-0.25, -0.2) is 4.79 Å². The molecule has 1 saturated heterocycles. The molecule has 0 saturated carbocycles. The highest BCUT2D eigenvalue weighted by Gasteiger charge is 2.21. The Balaban J connectivity index is 2.29. The van der Waals surface area contributed by atoms with Crippen molar-refractivity contribution >= 4 is 23.4 Å². The minimum Gasteiger partial charge on any atom is -0.449 e. The highest BCUT2D eigenvalue weighted by Crippen LogP contribution is 2.15. The molecule has 1 rings (SSSR count). The minimum absolute atomic E-state index is 0.108. The van der Waals surface area contributed by atoms with Crippen molar-refractivity contribution in [3.8, 4) is 6.07 Å². The van der Waals surface area contributed by atoms with Crippen molar-refractivity contribution in [2.24, 2.45) is 11.8 Å². The first-order valence-corrected chi connectivity index (χ1v) is 6.56. The molecule has 1 heterocycles. The number of rotatable bonds is 2. The van der Waals surface area contributed by atoms with Gasteiger partial charge in [-0.1, -0.05) is 13.8 Å². The van der Waals surface area contributed by atoms with E-state index >= 15 is 0 Å². The van der Waals surface area contributed by atoms with Gasteiger partial charge in [0, 0.05) is 19.0 Å². The van der Waals surface area contributed by atoms with Crippen molar-refractivity contribution in [3.05, 3.63) is 0 Å². The smallest absolute Gasteiger partial charge is 0.413 e. The largest absolute Gasteiger partial charge is 0.449 e. The predicted molar refractivity (Wildman–Crippen MR) is 71.8 cm³/mol. The molecule has 1 N–H and O–H groups in total. The van der Waals surface area contributed by atoms with Gasteiger partial charge in [0.2, 0.25) is 0 Å². The van der Waals surface area contributed by atoms with Crippen LogP contribution in [0.2, 0.25) is 0 Å². The second kappa shape index (κ2) is 7.17. The van der Waals surface area contributed by atoms with E-state index in [1.54, 1.807) is 0 Å². The number of hydrogen-bond donors (Lipinski definition) is 1. The molecule has 1 aliphatic rings. The molecule has 0 aliphatic carbocycles. The van der Waals surface area contributed by atoms with E-state index in [1.807, 2.05) is 18.7 Å². The third-order valence-electron chi connectivity index (χ3n) is 2.72. The van der Waals surface area contributed by atoms with Crippen LogP contribution in [0.25, 0.3) is 0 Å². The van der Waals surface area contributed by atoms with Crippen LogP contribution >= 0.6 is 12.2 Å². The van der Waals surface area contributed by atoms with Crippen LogP contribution in [-0.2, 0) is 4.74 Å². The number of alkyl carbamates (subject to hydrolysis) is 1. The number of amides is 1. The van der Waals surface area contributed by atoms with Gasteiger partial charge in [0.05, 0.1) is 12.7 Å². The molecule has 0 bridgehead atoms. The summed E-state index contributed by atoms with van der Waals surface area (Å²) in [6.07, 6.45) is 1.08. The Morgan fingerprint density at radius 1 is 1.56 bits per heavy atom.